The van der Waals surface area contributed by atoms with Gasteiger partial charge in [0.25, 0.3) is 5.91 Å². The van der Waals surface area contributed by atoms with Gasteiger partial charge in [-0.2, -0.15) is 0 Å². The number of anilines is 2. The summed E-state index contributed by atoms with van der Waals surface area (Å²) in [4.78, 5) is 49.2. The van der Waals surface area contributed by atoms with Gasteiger partial charge in [-0.15, -0.1) is 0 Å². The second-order valence-corrected chi connectivity index (χ2v) is 10.2. The fraction of sp³-hybridized carbons (Fsp3) is 0.300. The molecule has 8 heteroatoms. The highest BCUT2D eigenvalue weighted by Gasteiger charge is 2.71. The molecule has 2 aliphatic rings. The number of imide groups is 1. The topological polar surface area (TPSA) is 85.4 Å². The largest absolute Gasteiger partial charge is 0.464 e. The van der Waals surface area contributed by atoms with E-state index in [4.69, 9.17) is 14.3 Å². The van der Waals surface area contributed by atoms with E-state index in [0.29, 0.717) is 16.9 Å². The van der Waals surface area contributed by atoms with E-state index in [1.165, 1.54) is 0 Å². The predicted octanol–water partition coefficient (Wildman–Crippen LogP) is 5.33. The van der Waals surface area contributed by atoms with Gasteiger partial charge in [-0.3, -0.25) is 9.63 Å². The molecule has 3 atom stereocenters. The van der Waals surface area contributed by atoms with E-state index in [1.54, 1.807) is 57.0 Å². The smallest absolute Gasteiger partial charge is 0.421 e. The normalized spacial score (nSPS) is 22.5. The number of amides is 2. The zero-order valence-corrected chi connectivity index (χ0v) is 21.8. The first-order valence-corrected chi connectivity index (χ1v) is 12.6. The summed E-state index contributed by atoms with van der Waals surface area (Å²) in [6.07, 6.45) is -2.19. The number of hydroxylamine groups is 1. The third kappa shape index (κ3) is 4.01. The highest BCUT2D eigenvalue weighted by molar-refractivity contribution is 6.23. The molecule has 0 N–H and O–H groups in total. The molecule has 1 fully saturated rings. The van der Waals surface area contributed by atoms with E-state index < -0.39 is 41.1 Å². The van der Waals surface area contributed by atoms with Crippen LogP contribution in [-0.2, 0) is 29.3 Å². The number of para-hydroxylation sites is 2. The lowest BCUT2D eigenvalue weighted by atomic mass is 9.69. The van der Waals surface area contributed by atoms with Gasteiger partial charge in [-0.05, 0) is 57.0 Å². The van der Waals surface area contributed by atoms with Crippen molar-refractivity contribution >= 4 is 29.3 Å². The molecule has 0 aliphatic carbocycles. The average molecular weight is 515 g/mol. The lowest BCUT2D eigenvalue weighted by molar-refractivity contribution is -0.159. The van der Waals surface area contributed by atoms with Crippen molar-refractivity contribution in [1.82, 2.24) is 0 Å². The van der Waals surface area contributed by atoms with Crippen LogP contribution >= 0.6 is 0 Å². The fourth-order valence-corrected chi connectivity index (χ4v) is 5.29. The van der Waals surface area contributed by atoms with Crippen LogP contribution in [0.4, 0.5) is 16.2 Å². The monoisotopic (exact) mass is 514 g/mol. The van der Waals surface area contributed by atoms with Gasteiger partial charge in [-0.1, -0.05) is 66.7 Å². The standard InChI is InChI=1S/C30H30N2O6/c1-5-36-26(33)25-30(22-18-12-13-19-23(22)31(27(30)34)28(35)37-29(2,3)4)24(20-14-8-6-9-15-20)32(38-25)21-16-10-7-11-17-21/h6-19,24-25H,5H2,1-4H3/t24-,25+,30-/m1/s1. The van der Waals surface area contributed by atoms with Gasteiger partial charge in [0.2, 0.25) is 6.10 Å². The van der Waals surface area contributed by atoms with E-state index in [-0.39, 0.29) is 6.61 Å². The third-order valence-corrected chi connectivity index (χ3v) is 6.65. The Bertz CT molecular complexity index is 1350. The number of rotatable bonds is 4. The molecule has 0 radical (unpaired) electrons. The summed E-state index contributed by atoms with van der Waals surface area (Å²) in [5.41, 5.74) is -0.270. The van der Waals surface area contributed by atoms with Crippen LogP contribution in [0.15, 0.2) is 84.9 Å². The van der Waals surface area contributed by atoms with Crippen LogP contribution in [0, 0.1) is 0 Å². The molecule has 0 aromatic heterocycles. The van der Waals surface area contributed by atoms with Crippen molar-refractivity contribution in [2.45, 2.75) is 50.9 Å². The maximum atomic E-state index is 14.7. The molecule has 5 rings (SSSR count). The van der Waals surface area contributed by atoms with Gasteiger partial charge < -0.3 is 9.47 Å². The summed E-state index contributed by atoms with van der Waals surface area (Å²) >= 11 is 0. The van der Waals surface area contributed by atoms with Crippen molar-refractivity contribution in [1.29, 1.82) is 0 Å². The zero-order chi connectivity index (χ0) is 27.1. The molecule has 38 heavy (non-hydrogen) atoms. The van der Waals surface area contributed by atoms with E-state index in [2.05, 4.69) is 0 Å². The highest BCUT2D eigenvalue weighted by atomic mass is 16.7. The molecule has 2 heterocycles. The Morgan fingerprint density at radius 1 is 0.921 bits per heavy atom. The SMILES string of the molecule is CCOC(=O)[C@@H]1ON(c2ccccc2)[C@H](c2ccccc2)[C@@]12C(=O)N(C(=O)OC(C)(C)C)c1ccccc12. The van der Waals surface area contributed by atoms with Crippen molar-refractivity contribution in [2.75, 3.05) is 16.6 Å². The molecule has 3 aromatic rings. The number of hydrogen-bond acceptors (Lipinski definition) is 7. The first kappa shape index (κ1) is 25.5. The molecule has 0 unspecified atom stereocenters. The summed E-state index contributed by atoms with van der Waals surface area (Å²) in [6, 6.07) is 24.8. The molecule has 2 amide bonds. The molecular formula is C30H30N2O6. The number of hydrogen-bond donors (Lipinski definition) is 0. The third-order valence-electron chi connectivity index (χ3n) is 6.65. The van der Waals surface area contributed by atoms with Gasteiger partial charge >= 0.3 is 12.1 Å². The van der Waals surface area contributed by atoms with E-state index in [0.717, 1.165) is 10.5 Å². The summed E-state index contributed by atoms with van der Waals surface area (Å²) < 4.78 is 11.1. The van der Waals surface area contributed by atoms with Crippen LogP contribution in [0.5, 0.6) is 0 Å². The molecule has 0 saturated carbocycles. The van der Waals surface area contributed by atoms with Crippen molar-refractivity contribution in [3.8, 4) is 0 Å². The molecule has 2 aliphatic heterocycles. The van der Waals surface area contributed by atoms with Crippen molar-refractivity contribution < 1.29 is 28.7 Å². The van der Waals surface area contributed by atoms with Gasteiger partial charge in [0, 0.05) is 0 Å². The van der Waals surface area contributed by atoms with E-state index >= 15 is 0 Å². The number of esters is 1. The van der Waals surface area contributed by atoms with Gasteiger partial charge in [0.05, 0.1) is 18.0 Å². The second kappa shape index (κ2) is 9.61. The zero-order valence-electron chi connectivity index (χ0n) is 21.8. The van der Waals surface area contributed by atoms with Gasteiger partial charge in [0.1, 0.15) is 17.1 Å². The number of benzene rings is 3. The Labute approximate surface area is 221 Å². The van der Waals surface area contributed by atoms with Crippen LogP contribution < -0.4 is 9.96 Å². The molecule has 0 bridgehead atoms. The summed E-state index contributed by atoms with van der Waals surface area (Å²) in [5.74, 6) is -1.31. The summed E-state index contributed by atoms with van der Waals surface area (Å²) in [7, 11) is 0. The first-order chi connectivity index (χ1) is 18.2. The molecule has 196 valence electrons. The minimum atomic E-state index is -1.64. The van der Waals surface area contributed by atoms with Crippen molar-refractivity contribution in [3.05, 3.63) is 96.1 Å². The highest BCUT2D eigenvalue weighted by Crippen LogP contribution is 2.59. The Kier molecular flexibility index (Phi) is 6.44. The summed E-state index contributed by atoms with van der Waals surface area (Å²) in [5, 5.41) is 1.59. The van der Waals surface area contributed by atoms with Crippen LogP contribution in [-0.4, -0.2) is 36.3 Å². The number of nitrogens with zero attached hydrogens (tertiary/aromatic N) is 2. The molecule has 1 saturated heterocycles. The lowest BCUT2D eigenvalue weighted by Crippen LogP contribution is -2.54. The van der Waals surface area contributed by atoms with Crippen LogP contribution in [0.1, 0.15) is 44.9 Å². The minimum Gasteiger partial charge on any atom is -0.464 e. The molecular weight excluding hydrogens is 484 g/mol. The Morgan fingerprint density at radius 3 is 2.16 bits per heavy atom. The Balaban J connectivity index is 1.79. The maximum absolute atomic E-state index is 14.7. The molecule has 3 aromatic carbocycles. The van der Waals surface area contributed by atoms with E-state index in [1.807, 2.05) is 60.7 Å². The number of carbonyl (C=O) groups is 3. The quantitative estimate of drug-likeness (QED) is 0.435. The summed E-state index contributed by atoms with van der Waals surface area (Å²) in [6.45, 7) is 6.99. The Morgan fingerprint density at radius 2 is 1.53 bits per heavy atom. The van der Waals surface area contributed by atoms with Crippen molar-refractivity contribution in [3.63, 3.8) is 0 Å². The van der Waals surface area contributed by atoms with Gasteiger partial charge in [-0.25, -0.2) is 19.6 Å². The molecule has 8 nitrogen and oxygen atoms in total. The molecule has 1 spiro atoms. The van der Waals surface area contributed by atoms with E-state index in [9.17, 15) is 14.4 Å². The van der Waals surface area contributed by atoms with Crippen LogP contribution in [0.3, 0.4) is 0 Å². The number of fused-ring (bicyclic) bond motifs is 2. The number of ether oxygens (including phenoxy) is 2. The van der Waals surface area contributed by atoms with Gasteiger partial charge in [0.15, 0.2) is 0 Å². The second-order valence-electron chi connectivity index (χ2n) is 10.2. The first-order valence-electron chi connectivity index (χ1n) is 12.6. The van der Waals surface area contributed by atoms with Crippen molar-refractivity contribution in [2.24, 2.45) is 0 Å². The number of carbonyl (C=O) groups excluding carboxylic acids is 3. The average Bonchev–Trinajstić information content (AvgIpc) is 3.38. The Hall–Kier alpha value is -4.17. The van der Waals surface area contributed by atoms with Crippen LogP contribution in [0.25, 0.3) is 0 Å². The minimum absolute atomic E-state index is 0.0989. The maximum Gasteiger partial charge on any atom is 0.421 e. The van der Waals surface area contributed by atoms with Crippen LogP contribution in [0.2, 0.25) is 0 Å². The predicted molar refractivity (Wildman–Crippen MR) is 141 cm³/mol. The fourth-order valence-electron chi connectivity index (χ4n) is 5.29. The lowest BCUT2D eigenvalue weighted by Gasteiger charge is -2.34.